The Hall–Kier alpha value is -5.61. The second-order valence-corrected chi connectivity index (χ2v) is 17.5. The van der Waals surface area contributed by atoms with Crippen molar-refractivity contribution >= 4 is 46.4 Å². The number of carbonyl (C=O) groups excluding carboxylic acids is 5. The zero-order valence-electron chi connectivity index (χ0n) is 33.5. The van der Waals surface area contributed by atoms with E-state index in [0.29, 0.717) is 38.5 Å². The van der Waals surface area contributed by atoms with Crippen LogP contribution in [0.2, 0.25) is 0 Å². The molecule has 3 fully saturated rings. The van der Waals surface area contributed by atoms with E-state index in [0.717, 1.165) is 82.5 Å². The molecule has 6 aliphatic rings. The molecule has 0 saturated carbocycles. The topological polar surface area (TPSA) is 155 Å². The molecule has 0 bridgehead atoms. The number of aromatic nitrogens is 3. The Morgan fingerprint density at radius 1 is 0.917 bits per heavy atom. The van der Waals surface area contributed by atoms with Gasteiger partial charge in [0.25, 0.3) is 18.2 Å². The van der Waals surface area contributed by atoms with Gasteiger partial charge >= 0.3 is 0 Å². The number of para-hydroxylation sites is 1. The quantitative estimate of drug-likeness (QED) is 0.260. The van der Waals surface area contributed by atoms with Gasteiger partial charge in [-0.15, -0.1) is 0 Å². The summed E-state index contributed by atoms with van der Waals surface area (Å²) in [6, 6.07) is 10.0. The number of rotatable bonds is 7. The summed E-state index contributed by atoms with van der Waals surface area (Å²) in [5.74, 6) is -1.41. The van der Waals surface area contributed by atoms with Crippen LogP contribution in [0.5, 0.6) is 0 Å². The Balaban J connectivity index is 0.735. The van der Waals surface area contributed by atoms with Crippen molar-refractivity contribution in [3.05, 3.63) is 87.9 Å². The predicted molar refractivity (Wildman–Crippen MR) is 215 cm³/mol. The van der Waals surface area contributed by atoms with Gasteiger partial charge in [-0.1, -0.05) is 18.2 Å². The predicted octanol–water partition coefficient (Wildman–Crippen LogP) is 4.19. The molecular weight excluding hydrogens is 773 g/mol. The van der Waals surface area contributed by atoms with Gasteiger partial charge in [0, 0.05) is 86.3 Å². The molecule has 60 heavy (non-hydrogen) atoms. The van der Waals surface area contributed by atoms with Gasteiger partial charge in [0.2, 0.25) is 23.7 Å². The van der Waals surface area contributed by atoms with Gasteiger partial charge in [-0.05, 0) is 85.8 Å². The summed E-state index contributed by atoms with van der Waals surface area (Å²) in [6.07, 6.45) is 5.75. The summed E-state index contributed by atoms with van der Waals surface area (Å²) in [5.41, 5.74) is 6.30. The molecule has 312 valence electrons. The first-order valence-corrected chi connectivity index (χ1v) is 21.0. The first kappa shape index (κ1) is 38.6. The summed E-state index contributed by atoms with van der Waals surface area (Å²) >= 11 is 0. The molecule has 10 rings (SSSR count). The highest BCUT2D eigenvalue weighted by Gasteiger charge is 2.46. The minimum Gasteiger partial charge on any atom is -0.357 e. The molecule has 5 amide bonds. The van der Waals surface area contributed by atoms with E-state index in [4.69, 9.17) is 9.97 Å². The zero-order valence-corrected chi connectivity index (χ0v) is 33.5. The monoisotopic (exact) mass is 819 g/mol. The van der Waals surface area contributed by atoms with Crippen LogP contribution in [0.4, 0.5) is 14.7 Å². The molecule has 16 heteroatoms. The van der Waals surface area contributed by atoms with Crippen LogP contribution in [0, 0.1) is 5.41 Å². The van der Waals surface area contributed by atoms with E-state index in [1.807, 2.05) is 39.8 Å². The third kappa shape index (κ3) is 6.64. The number of imide groups is 2. The maximum absolute atomic E-state index is 13.9. The van der Waals surface area contributed by atoms with E-state index in [9.17, 15) is 32.8 Å². The highest BCUT2D eigenvalue weighted by Crippen LogP contribution is 2.44. The van der Waals surface area contributed by atoms with Crippen LogP contribution >= 0.6 is 0 Å². The number of aromatic amines is 1. The van der Waals surface area contributed by atoms with Crippen molar-refractivity contribution in [1.82, 2.24) is 39.9 Å². The van der Waals surface area contributed by atoms with Gasteiger partial charge in [0.1, 0.15) is 6.04 Å². The number of fused-ring (bicyclic) bond motifs is 5. The normalized spacial score (nSPS) is 24.4. The number of hydrogen-bond donors (Lipinski definition) is 2. The molecule has 1 spiro atoms. The Morgan fingerprint density at radius 2 is 1.57 bits per heavy atom. The summed E-state index contributed by atoms with van der Waals surface area (Å²) < 4.78 is 27.8. The van der Waals surface area contributed by atoms with Gasteiger partial charge in [-0.25, -0.2) is 18.7 Å². The van der Waals surface area contributed by atoms with Crippen molar-refractivity contribution in [2.24, 2.45) is 5.41 Å². The van der Waals surface area contributed by atoms with Crippen LogP contribution in [0.1, 0.15) is 100 Å². The Bertz CT molecular complexity index is 2370. The van der Waals surface area contributed by atoms with Crippen molar-refractivity contribution < 1.29 is 32.8 Å². The Labute approximate surface area is 345 Å². The first-order valence-electron chi connectivity index (χ1n) is 21.0. The number of piperidine rings is 3. The number of nitrogens with one attached hydrogen (secondary N) is 2. The van der Waals surface area contributed by atoms with E-state index in [1.165, 1.54) is 0 Å². The Kier molecular flexibility index (Phi) is 9.54. The maximum atomic E-state index is 13.9. The van der Waals surface area contributed by atoms with Crippen molar-refractivity contribution in [1.29, 1.82) is 0 Å². The van der Waals surface area contributed by atoms with Gasteiger partial charge in [-0.2, -0.15) is 0 Å². The zero-order chi connectivity index (χ0) is 41.4. The number of halogens is 2. The number of amides is 5. The molecule has 2 aromatic carbocycles. The third-order valence-corrected chi connectivity index (χ3v) is 14.0. The molecule has 2 N–H and O–H groups in total. The molecule has 8 heterocycles. The number of alkyl halides is 2. The average Bonchev–Trinajstić information content (AvgIpc) is 3.88. The van der Waals surface area contributed by atoms with Gasteiger partial charge in [0.05, 0.1) is 30.3 Å². The molecule has 6 aliphatic heterocycles. The van der Waals surface area contributed by atoms with E-state index < -0.39 is 42.1 Å². The molecule has 3 saturated heterocycles. The lowest BCUT2D eigenvalue weighted by Gasteiger charge is -2.47. The van der Waals surface area contributed by atoms with Gasteiger partial charge in [0.15, 0.2) is 0 Å². The smallest absolute Gasteiger partial charge is 0.262 e. The molecule has 1 unspecified atom stereocenters. The maximum Gasteiger partial charge on any atom is 0.262 e. The van der Waals surface area contributed by atoms with E-state index in [2.05, 4.69) is 21.3 Å². The SMILES string of the molecule is C[C@@H]1Cc2c([nH]c3ccccc23)[C@@H](c2cnc(N3CCC4(CCN(C(=O)CN5Cc6cc7c(cc6C5)C(=O)N(C5CCC(=O)NC5=O)C7=O)CC4)CC3)nc2)N1CC(F)F. The van der Waals surface area contributed by atoms with Crippen LogP contribution in [0.3, 0.4) is 0 Å². The lowest BCUT2D eigenvalue weighted by molar-refractivity contribution is -0.137. The van der Waals surface area contributed by atoms with Crippen molar-refractivity contribution in [3.8, 4) is 0 Å². The summed E-state index contributed by atoms with van der Waals surface area (Å²) in [5, 5.41) is 3.35. The lowest BCUT2D eigenvalue weighted by Crippen LogP contribution is -2.54. The fourth-order valence-corrected chi connectivity index (χ4v) is 10.7. The van der Waals surface area contributed by atoms with Crippen LogP contribution in [0.15, 0.2) is 48.8 Å². The van der Waals surface area contributed by atoms with Crippen molar-refractivity contribution in [2.45, 2.75) is 89.5 Å². The van der Waals surface area contributed by atoms with Crippen LogP contribution in [-0.2, 0) is 33.9 Å². The summed E-state index contributed by atoms with van der Waals surface area (Å²) in [4.78, 5) is 86.5. The minimum absolute atomic E-state index is 0.0614. The van der Waals surface area contributed by atoms with Gasteiger partial charge < -0.3 is 14.8 Å². The fraction of sp³-hybridized carbons (Fsp3) is 0.477. The van der Waals surface area contributed by atoms with E-state index in [1.54, 1.807) is 24.5 Å². The minimum atomic E-state index is -2.47. The lowest BCUT2D eigenvalue weighted by atomic mass is 9.71. The molecule has 2 aromatic heterocycles. The molecule has 0 aliphatic carbocycles. The third-order valence-electron chi connectivity index (χ3n) is 14.0. The largest absolute Gasteiger partial charge is 0.357 e. The number of nitrogens with zero attached hydrogens (tertiary/aromatic N) is 7. The van der Waals surface area contributed by atoms with Gasteiger partial charge in [-0.3, -0.25) is 44.0 Å². The molecule has 0 radical (unpaired) electrons. The highest BCUT2D eigenvalue weighted by molar-refractivity contribution is 6.23. The first-order chi connectivity index (χ1) is 28.9. The molecule has 14 nitrogen and oxygen atoms in total. The number of H-pyrrole nitrogens is 1. The van der Waals surface area contributed by atoms with E-state index in [-0.39, 0.29) is 54.4 Å². The number of likely N-dealkylation sites (tertiary alicyclic amines) is 1. The van der Waals surface area contributed by atoms with Crippen LogP contribution in [0.25, 0.3) is 10.9 Å². The van der Waals surface area contributed by atoms with Crippen molar-refractivity contribution in [3.63, 3.8) is 0 Å². The standard InChI is InChI=1S/C44H47F2N9O5/c1-25-16-30-29-4-2-3-5-33(29)49-38(30)39(54(25)23-35(45)46)28-19-47-43(48-20-28)53-14-10-44(11-15-53)8-12-52(13-9-44)37(57)24-51-21-26-17-31-32(18-27(26)22-51)42(60)55(41(31)59)34-6-7-36(56)50-40(34)58/h2-5,17-20,25,34-35,39,49H,6-16,21-24H2,1H3,(H,50,56,58)/t25-,34?,39-/m1/s1. The van der Waals surface area contributed by atoms with E-state index >= 15 is 0 Å². The fourth-order valence-electron chi connectivity index (χ4n) is 10.7. The summed E-state index contributed by atoms with van der Waals surface area (Å²) in [7, 11) is 0. The second-order valence-electron chi connectivity index (χ2n) is 17.5. The summed E-state index contributed by atoms with van der Waals surface area (Å²) in [6.45, 7) is 5.81. The molecular formula is C44H47F2N9O5. The number of benzene rings is 2. The second kappa shape index (κ2) is 14.8. The molecule has 3 atom stereocenters. The molecule has 4 aromatic rings. The van der Waals surface area contributed by atoms with Crippen LogP contribution < -0.4 is 10.2 Å². The van der Waals surface area contributed by atoms with Crippen molar-refractivity contribution in [2.75, 3.05) is 44.2 Å². The number of hydrogen-bond acceptors (Lipinski definition) is 10. The average molecular weight is 820 g/mol. The highest BCUT2D eigenvalue weighted by atomic mass is 19.3. The number of carbonyl (C=O) groups is 5. The number of anilines is 1. The Morgan fingerprint density at radius 3 is 2.22 bits per heavy atom. The van der Waals surface area contributed by atoms with Crippen LogP contribution in [-0.4, -0.2) is 122 Å².